The van der Waals surface area contributed by atoms with Crippen molar-refractivity contribution in [3.8, 4) is 0 Å². The number of amides is 2. The Hall–Kier alpha value is -1.23. The Balaban J connectivity index is 0.00000867. The summed E-state index contributed by atoms with van der Waals surface area (Å²) in [5.41, 5.74) is 5.46. The second-order valence-electron chi connectivity index (χ2n) is 11.9. The number of nitrogens with one attached hydrogen (secondary N) is 2. The summed E-state index contributed by atoms with van der Waals surface area (Å²) >= 11 is 0. The van der Waals surface area contributed by atoms with E-state index in [9.17, 15) is 65.4 Å². The van der Waals surface area contributed by atoms with Crippen molar-refractivity contribution in [3.63, 3.8) is 0 Å². The van der Waals surface area contributed by atoms with Crippen LogP contribution in [0.2, 0.25) is 0 Å². The molecule has 3 fully saturated rings. The summed E-state index contributed by atoms with van der Waals surface area (Å²) in [6, 6.07) is -2.81. The second kappa shape index (κ2) is 19.7. The summed E-state index contributed by atoms with van der Waals surface area (Å²) in [6.07, 6.45) is -24.4. The van der Waals surface area contributed by atoms with Crippen LogP contribution in [-0.4, -0.2) is 194 Å². The standard InChI is InChI=1S/C27H47N3O19.Na/c1-9(33)29-15-11(35)5-27(26(42)43,49-23(15)17(37)12(36)6-31)45-8-14-18(38)20(40)21(41)25(47-14)48-22-13(7-32)46-24(44-4-3-28)16(19(22)39)30-10(2)34;/h11-25,31-32,35-41H,3-8,28H2,1-2H3,(H,29,33)(H,30,34)(H,42,43);/q;+1/p-1/t11-,12+,13+,14+,15+,16+,17+,18-,19+,20-,21+,22+,23+,24+,25-,27+;/m0./s1. The van der Waals surface area contributed by atoms with E-state index < -0.39 is 142 Å². The van der Waals surface area contributed by atoms with Gasteiger partial charge >= 0.3 is 29.6 Å². The number of aliphatic hydroxyl groups is 9. The van der Waals surface area contributed by atoms with Gasteiger partial charge in [0.1, 0.15) is 73.1 Å². The quantitative estimate of drug-likeness (QED) is 0.0694. The maximum atomic E-state index is 12.4. The number of aliphatic carboxylic acids is 1. The van der Waals surface area contributed by atoms with Crippen molar-refractivity contribution in [3.05, 3.63) is 0 Å². The molecular weight excluding hydrogens is 693 g/mol. The molecule has 3 aliphatic heterocycles. The normalized spacial score (nSPS) is 40.2. The van der Waals surface area contributed by atoms with E-state index in [4.69, 9.17) is 34.2 Å². The molecule has 3 heterocycles. The molecule has 50 heavy (non-hydrogen) atoms. The topological polar surface area (TPSA) is 362 Å². The van der Waals surface area contributed by atoms with Gasteiger partial charge < -0.3 is 101 Å². The average Bonchev–Trinajstić information content (AvgIpc) is 3.05. The van der Waals surface area contributed by atoms with Crippen molar-refractivity contribution < 1.29 is 123 Å². The molecule has 23 heteroatoms. The van der Waals surface area contributed by atoms with Crippen LogP contribution in [0.25, 0.3) is 0 Å². The van der Waals surface area contributed by atoms with Crippen LogP contribution in [-0.2, 0) is 42.8 Å². The number of ether oxygens (including phenoxy) is 6. The van der Waals surface area contributed by atoms with Crippen molar-refractivity contribution >= 4 is 17.8 Å². The van der Waals surface area contributed by atoms with E-state index in [2.05, 4.69) is 10.6 Å². The van der Waals surface area contributed by atoms with Crippen LogP contribution in [0.3, 0.4) is 0 Å². The van der Waals surface area contributed by atoms with E-state index in [0.717, 1.165) is 13.8 Å². The van der Waals surface area contributed by atoms with E-state index >= 15 is 0 Å². The fraction of sp³-hybridized carbons (Fsp3) is 0.889. The molecule has 3 aliphatic rings. The van der Waals surface area contributed by atoms with Gasteiger partial charge in [-0.05, 0) is 0 Å². The van der Waals surface area contributed by atoms with Gasteiger partial charge in [-0.1, -0.05) is 0 Å². The minimum Gasteiger partial charge on any atom is -0.544 e. The van der Waals surface area contributed by atoms with Gasteiger partial charge in [-0.15, -0.1) is 0 Å². The van der Waals surface area contributed by atoms with E-state index in [-0.39, 0.29) is 42.7 Å². The average molecular weight is 740 g/mol. The van der Waals surface area contributed by atoms with Crippen LogP contribution in [0.1, 0.15) is 20.3 Å². The van der Waals surface area contributed by atoms with Crippen molar-refractivity contribution in [1.29, 1.82) is 0 Å². The zero-order valence-electron chi connectivity index (χ0n) is 27.6. The van der Waals surface area contributed by atoms with Crippen LogP contribution >= 0.6 is 0 Å². The monoisotopic (exact) mass is 739 g/mol. The molecule has 0 unspecified atom stereocenters. The largest absolute Gasteiger partial charge is 1.00 e. The smallest absolute Gasteiger partial charge is 0.544 e. The SMILES string of the molecule is CC(=O)N[C@H]1[C@H](OCCN)O[C@H](CO)[C@@H](O[C@@H]2O[C@H](CO[C@]3(C(=O)[O-])C[C@H](O)[C@@H](NC(C)=O)[C@H]([C@H](O)[C@H](O)CO)O3)[C@H](O)[C@H](O)[C@H]2O)[C@@H]1O.[Na+]. The summed E-state index contributed by atoms with van der Waals surface area (Å²) in [4.78, 5) is 36.0. The minimum absolute atomic E-state index is 0. The van der Waals surface area contributed by atoms with Gasteiger partial charge in [0.25, 0.3) is 0 Å². The maximum Gasteiger partial charge on any atom is 1.00 e. The molecular formula is C27H46N3NaO19. The summed E-state index contributed by atoms with van der Waals surface area (Å²) in [5.74, 6) is -6.41. The molecule has 0 aromatic carbocycles. The van der Waals surface area contributed by atoms with Gasteiger partial charge in [0.05, 0.1) is 38.6 Å². The molecule has 0 aliphatic carbocycles. The first-order valence-electron chi connectivity index (χ1n) is 15.3. The molecule has 16 atom stereocenters. The van der Waals surface area contributed by atoms with Gasteiger partial charge in [0.2, 0.25) is 17.6 Å². The van der Waals surface area contributed by atoms with E-state index in [0.29, 0.717) is 0 Å². The van der Waals surface area contributed by atoms with E-state index in [1.165, 1.54) is 0 Å². The van der Waals surface area contributed by atoms with Crippen molar-refractivity contribution in [2.75, 3.05) is 33.0 Å². The summed E-state index contributed by atoms with van der Waals surface area (Å²) < 4.78 is 33.3. The van der Waals surface area contributed by atoms with Gasteiger partial charge in [-0.25, -0.2) is 0 Å². The van der Waals surface area contributed by atoms with Crippen LogP contribution < -0.4 is 51.0 Å². The Kier molecular flexibility index (Phi) is 17.7. The molecule has 0 saturated carbocycles. The number of carboxylic acids is 1. The number of carbonyl (C=O) groups is 3. The first-order chi connectivity index (χ1) is 23.0. The zero-order chi connectivity index (χ0) is 36.8. The van der Waals surface area contributed by atoms with Gasteiger partial charge in [0.15, 0.2) is 12.6 Å². The number of rotatable bonds is 15. The summed E-state index contributed by atoms with van der Waals surface area (Å²) in [7, 11) is 0. The number of hydrogen-bond donors (Lipinski definition) is 12. The third-order valence-electron chi connectivity index (χ3n) is 8.24. The van der Waals surface area contributed by atoms with E-state index in [1.807, 2.05) is 0 Å². The van der Waals surface area contributed by atoms with Crippen LogP contribution in [0.5, 0.6) is 0 Å². The molecule has 0 spiro atoms. The predicted octanol–water partition coefficient (Wildman–Crippen LogP) is -12.4. The van der Waals surface area contributed by atoms with Crippen molar-refractivity contribution in [1.82, 2.24) is 10.6 Å². The Bertz CT molecular complexity index is 1110. The van der Waals surface area contributed by atoms with Crippen LogP contribution in [0.15, 0.2) is 0 Å². The van der Waals surface area contributed by atoms with Gasteiger partial charge in [0, 0.05) is 26.8 Å². The Morgan fingerprint density at radius 1 is 0.920 bits per heavy atom. The van der Waals surface area contributed by atoms with Crippen LogP contribution in [0, 0.1) is 0 Å². The molecule has 3 saturated heterocycles. The number of carboxylic acid groups (broad SMARTS) is 1. The molecule has 284 valence electrons. The minimum atomic E-state index is -2.95. The fourth-order valence-electron chi connectivity index (χ4n) is 5.76. The second-order valence-corrected chi connectivity index (χ2v) is 11.9. The summed E-state index contributed by atoms with van der Waals surface area (Å²) in [5, 5.41) is 111. The first kappa shape index (κ1) is 44.9. The third kappa shape index (κ3) is 10.5. The predicted molar refractivity (Wildman–Crippen MR) is 152 cm³/mol. The maximum absolute atomic E-state index is 12.4. The Labute approximate surface area is 307 Å². The zero-order valence-corrected chi connectivity index (χ0v) is 29.6. The first-order valence-corrected chi connectivity index (χ1v) is 15.3. The molecule has 0 bridgehead atoms. The molecule has 13 N–H and O–H groups in total. The van der Waals surface area contributed by atoms with Crippen molar-refractivity contribution in [2.24, 2.45) is 5.73 Å². The van der Waals surface area contributed by atoms with Crippen LogP contribution in [0.4, 0.5) is 0 Å². The van der Waals surface area contributed by atoms with E-state index in [1.54, 1.807) is 0 Å². The third-order valence-corrected chi connectivity index (χ3v) is 8.24. The molecule has 2 amide bonds. The number of aliphatic hydroxyl groups excluding tert-OH is 9. The number of hydrogen-bond acceptors (Lipinski definition) is 20. The Morgan fingerprint density at radius 2 is 1.52 bits per heavy atom. The fourth-order valence-corrected chi connectivity index (χ4v) is 5.76. The Morgan fingerprint density at radius 3 is 2.06 bits per heavy atom. The van der Waals surface area contributed by atoms with Gasteiger partial charge in [-0.3, -0.25) is 9.59 Å². The summed E-state index contributed by atoms with van der Waals surface area (Å²) in [6.45, 7) is -0.646. The number of carbonyl (C=O) groups excluding carboxylic acids is 3. The molecule has 0 aromatic heterocycles. The molecule has 22 nitrogen and oxygen atoms in total. The molecule has 3 rings (SSSR count). The number of nitrogens with two attached hydrogens (primary N) is 1. The molecule has 0 radical (unpaired) electrons. The van der Waals surface area contributed by atoms with Crippen molar-refractivity contribution in [2.45, 2.75) is 118 Å². The van der Waals surface area contributed by atoms with Gasteiger partial charge in [-0.2, -0.15) is 0 Å². The molecule has 0 aromatic rings.